The fraction of sp³-hybridized carbons (Fsp3) is 0.647. The number of benzene rings is 1. The average molecular weight is 279 g/mol. The van der Waals surface area contributed by atoms with Crippen LogP contribution in [0.4, 0.5) is 0 Å². The molecule has 114 valence electrons. The molecule has 0 amide bonds. The van der Waals surface area contributed by atoms with Crippen LogP contribution in [0.3, 0.4) is 0 Å². The van der Waals surface area contributed by atoms with Crippen molar-refractivity contribution in [3.8, 4) is 5.75 Å². The number of aliphatic hydroxyl groups excluding tert-OH is 1. The van der Waals surface area contributed by atoms with Gasteiger partial charge < -0.3 is 15.6 Å². The summed E-state index contributed by atoms with van der Waals surface area (Å²) in [5.74, 6) is 1.51. The van der Waals surface area contributed by atoms with Gasteiger partial charge in [-0.15, -0.1) is 0 Å². The largest absolute Gasteiger partial charge is 0.494 e. The van der Waals surface area contributed by atoms with Gasteiger partial charge in [0.05, 0.1) is 6.61 Å². The Hall–Kier alpha value is -1.06. The maximum absolute atomic E-state index is 9.35. The van der Waals surface area contributed by atoms with Crippen LogP contribution in [0.2, 0.25) is 0 Å². The molecule has 2 atom stereocenters. The van der Waals surface area contributed by atoms with Crippen molar-refractivity contribution in [2.45, 2.75) is 40.5 Å². The molecule has 0 aromatic heterocycles. The van der Waals surface area contributed by atoms with E-state index in [2.05, 4.69) is 39.8 Å². The molecule has 20 heavy (non-hydrogen) atoms. The van der Waals surface area contributed by atoms with E-state index >= 15 is 0 Å². The lowest BCUT2D eigenvalue weighted by atomic mass is 9.86. The van der Waals surface area contributed by atoms with Crippen molar-refractivity contribution in [2.75, 3.05) is 19.8 Å². The summed E-state index contributed by atoms with van der Waals surface area (Å²) in [6.45, 7) is 9.98. The van der Waals surface area contributed by atoms with Crippen LogP contribution in [0.5, 0.6) is 5.75 Å². The number of nitrogens with two attached hydrogens (primary N) is 1. The normalized spacial score (nSPS) is 14.1. The summed E-state index contributed by atoms with van der Waals surface area (Å²) < 4.78 is 5.71. The van der Waals surface area contributed by atoms with E-state index in [4.69, 9.17) is 10.5 Å². The van der Waals surface area contributed by atoms with Crippen LogP contribution in [-0.2, 0) is 6.42 Å². The predicted molar refractivity (Wildman–Crippen MR) is 84.2 cm³/mol. The van der Waals surface area contributed by atoms with Crippen molar-refractivity contribution in [3.63, 3.8) is 0 Å². The second kappa shape index (κ2) is 8.28. The molecule has 0 aliphatic rings. The highest BCUT2D eigenvalue weighted by atomic mass is 16.5. The van der Waals surface area contributed by atoms with Crippen molar-refractivity contribution in [1.82, 2.24) is 0 Å². The third-order valence-corrected chi connectivity index (χ3v) is 4.01. The maximum atomic E-state index is 9.35. The molecule has 0 radical (unpaired) electrons. The first-order chi connectivity index (χ1) is 9.53. The molecule has 0 spiro atoms. The number of aryl methyl sites for hydroxylation is 2. The van der Waals surface area contributed by atoms with Gasteiger partial charge in [-0.2, -0.15) is 0 Å². The zero-order chi connectivity index (χ0) is 15.1. The molecule has 0 saturated carbocycles. The van der Waals surface area contributed by atoms with Crippen LogP contribution < -0.4 is 10.5 Å². The first-order valence-electron chi connectivity index (χ1n) is 7.57. The third kappa shape index (κ3) is 4.50. The molecule has 2 unspecified atom stereocenters. The molecule has 0 aliphatic heterocycles. The van der Waals surface area contributed by atoms with Crippen LogP contribution in [-0.4, -0.2) is 24.9 Å². The van der Waals surface area contributed by atoms with Crippen molar-refractivity contribution < 1.29 is 9.84 Å². The Morgan fingerprint density at radius 1 is 1.25 bits per heavy atom. The highest BCUT2D eigenvalue weighted by Gasteiger charge is 2.17. The summed E-state index contributed by atoms with van der Waals surface area (Å²) >= 11 is 0. The fourth-order valence-electron chi connectivity index (χ4n) is 2.55. The standard InChI is InChI=1S/C17H29NO2/c1-5-6-20-16-7-13(3)17(14(4)8-16)9-12(2)15(10-18)11-19/h7-8,12,15,19H,5-6,9-11,18H2,1-4H3. The first kappa shape index (κ1) is 17.0. The molecular weight excluding hydrogens is 250 g/mol. The van der Waals surface area contributed by atoms with Gasteiger partial charge in [-0.25, -0.2) is 0 Å². The number of ether oxygens (including phenoxy) is 1. The summed E-state index contributed by atoms with van der Waals surface area (Å²) in [4.78, 5) is 0. The molecule has 3 nitrogen and oxygen atoms in total. The molecule has 1 rings (SSSR count). The highest BCUT2D eigenvalue weighted by Crippen LogP contribution is 2.26. The van der Waals surface area contributed by atoms with Crippen LogP contribution in [0, 0.1) is 25.7 Å². The van der Waals surface area contributed by atoms with Gasteiger partial charge in [0.2, 0.25) is 0 Å². The fourth-order valence-corrected chi connectivity index (χ4v) is 2.55. The highest BCUT2D eigenvalue weighted by molar-refractivity contribution is 5.41. The van der Waals surface area contributed by atoms with Crippen LogP contribution in [0.15, 0.2) is 12.1 Å². The zero-order valence-corrected chi connectivity index (χ0v) is 13.3. The van der Waals surface area contributed by atoms with E-state index in [1.54, 1.807) is 0 Å². The lowest BCUT2D eigenvalue weighted by Gasteiger charge is -2.22. The van der Waals surface area contributed by atoms with Gasteiger partial charge in [0.15, 0.2) is 0 Å². The van der Waals surface area contributed by atoms with Crippen LogP contribution in [0.25, 0.3) is 0 Å². The van der Waals surface area contributed by atoms with Crippen molar-refractivity contribution in [1.29, 1.82) is 0 Å². The molecular formula is C17H29NO2. The van der Waals surface area contributed by atoms with Gasteiger partial charge >= 0.3 is 0 Å². The molecule has 3 heteroatoms. The van der Waals surface area contributed by atoms with Gasteiger partial charge in [-0.1, -0.05) is 13.8 Å². The first-order valence-corrected chi connectivity index (χ1v) is 7.57. The summed E-state index contributed by atoms with van der Waals surface area (Å²) in [5.41, 5.74) is 9.59. The number of hydrogen-bond acceptors (Lipinski definition) is 3. The second-order valence-electron chi connectivity index (χ2n) is 5.74. The van der Waals surface area contributed by atoms with Crippen molar-refractivity contribution >= 4 is 0 Å². The van der Waals surface area contributed by atoms with Crippen molar-refractivity contribution in [2.24, 2.45) is 17.6 Å². The molecule has 3 N–H and O–H groups in total. The Morgan fingerprint density at radius 2 is 1.85 bits per heavy atom. The Bertz CT molecular complexity index is 390. The van der Waals surface area contributed by atoms with Crippen LogP contribution >= 0.6 is 0 Å². The number of aliphatic hydroxyl groups is 1. The van der Waals surface area contributed by atoms with E-state index in [-0.39, 0.29) is 12.5 Å². The van der Waals surface area contributed by atoms with Gasteiger partial charge in [0.1, 0.15) is 5.75 Å². The van der Waals surface area contributed by atoms with Crippen molar-refractivity contribution in [3.05, 3.63) is 28.8 Å². The molecule has 1 aromatic rings. The number of hydrogen-bond donors (Lipinski definition) is 2. The second-order valence-corrected chi connectivity index (χ2v) is 5.74. The Labute approximate surface area is 123 Å². The lowest BCUT2D eigenvalue weighted by molar-refractivity contribution is 0.187. The Kier molecular flexibility index (Phi) is 7.03. The minimum atomic E-state index is 0.160. The molecule has 0 saturated heterocycles. The van der Waals surface area contributed by atoms with E-state index < -0.39 is 0 Å². The SMILES string of the molecule is CCCOc1cc(C)c(CC(C)C(CN)CO)c(C)c1. The molecule has 0 fully saturated rings. The molecule has 0 bridgehead atoms. The predicted octanol–water partition coefficient (Wildman–Crippen LogP) is 2.84. The molecule has 1 aromatic carbocycles. The minimum absolute atomic E-state index is 0.160. The van der Waals surface area contributed by atoms with E-state index in [0.29, 0.717) is 12.5 Å². The van der Waals surface area contributed by atoms with Gasteiger partial charge in [-0.3, -0.25) is 0 Å². The average Bonchev–Trinajstić information content (AvgIpc) is 2.42. The summed E-state index contributed by atoms with van der Waals surface area (Å²) in [7, 11) is 0. The smallest absolute Gasteiger partial charge is 0.119 e. The minimum Gasteiger partial charge on any atom is -0.494 e. The van der Waals surface area contributed by atoms with Gasteiger partial charge in [0, 0.05) is 6.61 Å². The third-order valence-electron chi connectivity index (χ3n) is 4.01. The quantitative estimate of drug-likeness (QED) is 0.769. The summed E-state index contributed by atoms with van der Waals surface area (Å²) in [5, 5.41) is 9.35. The van der Waals surface area contributed by atoms with E-state index in [1.807, 2.05) is 0 Å². The lowest BCUT2D eigenvalue weighted by Crippen LogP contribution is -2.26. The summed E-state index contributed by atoms with van der Waals surface area (Å²) in [6.07, 6.45) is 1.97. The van der Waals surface area contributed by atoms with E-state index in [1.165, 1.54) is 16.7 Å². The van der Waals surface area contributed by atoms with Crippen LogP contribution in [0.1, 0.15) is 37.0 Å². The zero-order valence-electron chi connectivity index (χ0n) is 13.3. The molecule has 0 aliphatic carbocycles. The monoisotopic (exact) mass is 279 g/mol. The van der Waals surface area contributed by atoms with Gasteiger partial charge in [-0.05, 0) is 73.9 Å². The topological polar surface area (TPSA) is 55.5 Å². The Morgan fingerprint density at radius 3 is 2.30 bits per heavy atom. The number of rotatable bonds is 8. The molecule has 0 heterocycles. The maximum Gasteiger partial charge on any atom is 0.119 e. The Balaban J connectivity index is 2.85. The van der Waals surface area contributed by atoms with E-state index in [0.717, 1.165) is 25.2 Å². The van der Waals surface area contributed by atoms with Gasteiger partial charge in [0.25, 0.3) is 0 Å². The van der Waals surface area contributed by atoms with E-state index in [9.17, 15) is 5.11 Å². The summed E-state index contributed by atoms with van der Waals surface area (Å²) in [6, 6.07) is 4.22.